The second-order valence-electron chi connectivity index (χ2n) is 34.4. The molecule has 0 radical (unpaired) electrons. The van der Waals surface area contributed by atoms with E-state index in [2.05, 4.69) is 430 Å². The van der Waals surface area contributed by atoms with Crippen molar-refractivity contribution in [2.45, 2.75) is 198 Å². The lowest BCUT2D eigenvalue weighted by Crippen LogP contribution is -2.51. The fourth-order valence-corrected chi connectivity index (χ4v) is 20.0. The van der Waals surface area contributed by atoms with Gasteiger partial charge in [-0.15, -0.1) is 9.36 Å². The van der Waals surface area contributed by atoms with Crippen molar-refractivity contribution in [1.29, 1.82) is 0 Å². The van der Waals surface area contributed by atoms with Crippen LogP contribution in [-0.4, -0.2) is 42.2 Å². The maximum Gasteiger partial charge on any atom is 0.371 e. The number of hydrogen-bond donors (Lipinski definition) is 0. The number of benzene rings is 9. The quantitative estimate of drug-likeness (QED) is 0.0988. The molecule has 15 nitrogen and oxygen atoms in total. The zero-order valence-corrected chi connectivity index (χ0v) is 70.5. The van der Waals surface area contributed by atoms with Gasteiger partial charge in [-0.1, -0.05) is 143 Å². The number of aryl methyl sites for hydroxylation is 4. The molecule has 3 aliphatic heterocycles. The van der Waals surface area contributed by atoms with E-state index in [0.29, 0.717) is 23.9 Å². The first-order valence-corrected chi connectivity index (χ1v) is 40.6. The van der Waals surface area contributed by atoms with Crippen LogP contribution in [0.4, 0.5) is 29.0 Å². The first-order valence-electron chi connectivity index (χ1n) is 40.6. The van der Waals surface area contributed by atoms with Gasteiger partial charge >= 0.3 is 11.8 Å². The zero-order valence-electron chi connectivity index (χ0n) is 70.5. The van der Waals surface area contributed by atoms with Gasteiger partial charge in [0.2, 0.25) is 0 Å². The molecule has 9 heterocycles. The van der Waals surface area contributed by atoms with Gasteiger partial charge in [-0.05, 0) is 228 Å². The highest BCUT2D eigenvalue weighted by Gasteiger charge is 2.50. The average molecular weight is 1510 g/mol. The second kappa shape index (κ2) is 28.3. The molecule has 3 aliphatic rings. The van der Waals surface area contributed by atoms with Gasteiger partial charge in [0.1, 0.15) is 70.5 Å². The van der Waals surface area contributed by atoms with Crippen LogP contribution >= 0.6 is 0 Å². The summed E-state index contributed by atoms with van der Waals surface area (Å²) < 4.78 is 32.7. The Kier molecular flexibility index (Phi) is 18.9. The molecule has 0 saturated carbocycles. The number of fused-ring (bicyclic) bond motifs is 11. The molecule has 0 amide bonds. The van der Waals surface area contributed by atoms with Crippen LogP contribution in [0.15, 0.2) is 239 Å². The normalized spacial score (nSPS) is 16.2. The van der Waals surface area contributed by atoms with Gasteiger partial charge < -0.3 is 32.9 Å². The third-order valence-corrected chi connectivity index (χ3v) is 24.9. The monoisotopic (exact) mass is 1510 g/mol. The maximum absolute atomic E-state index is 6.39. The number of imidazole rings is 1. The van der Waals surface area contributed by atoms with E-state index in [1.54, 1.807) is 0 Å². The van der Waals surface area contributed by atoms with Crippen molar-refractivity contribution < 1.29 is 27.2 Å². The van der Waals surface area contributed by atoms with Crippen molar-refractivity contribution in [3.8, 4) is 5.69 Å². The van der Waals surface area contributed by atoms with Gasteiger partial charge in [0.05, 0.1) is 65.6 Å². The van der Waals surface area contributed by atoms with Gasteiger partial charge in [0.25, 0.3) is 0 Å². The van der Waals surface area contributed by atoms with E-state index in [9.17, 15) is 0 Å². The largest absolute Gasteiger partial charge is 0.456 e. The summed E-state index contributed by atoms with van der Waals surface area (Å²) in [5.41, 5.74) is 20.3. The minimum absolute atomic E-state index is 0.0267. The molecule has 18 rings (SSSR count). The summed E-state index contributed by atoms with van der Waals surface area (Å²) in [7, 11) is 6.48. The van der Waals surface area contributed by atoms with Gasteiger partial charge in [0, 0.05) is 50.9 Å². The van der Waals surface area contributed by atoms with E-state index in [1.807, 2.05) is 12.1 Å². The predicted molar refractivity (Wildman–Crippen MR) is 465 cm³/mol. The van der Waals surface area contributed by atoms with Crippen LogP contribution in [0.5, 0.6) is 0 Å². The average Bonchev–Trinajstić information content (AvgIpc) is 1.57. The van der Waals surface area contributed by atoms with Gasteiger partial charge in [-0.2, -0.15) is 4.68 Å². The molecule has 6 aromatic heterocycles. The summed E-state index contributed by atoms with van der Waals surface area (Å²) in [6, 6.07) is 65.5. The van der Waals surface area contributed by atoms with Crippen molar-refractivity contribution in [3.63, 3.8) is 0 Å². The Bertz CT molecular complexity index is 6210. The second-order valence-corrected chi connectivity index (χ2v) is 34.4. The van der Waals surface area contributed by atoms with E-state index in [-0.39, 0.29) is 35.1 Å². The Labute approximate surface area is 666 Å². The summed E-state index contributed by atoms with van der Waals surface area (Å²) in [6.07, 6.45) is 15.9. The summed E-state index contributed by atoms with van der Waals surface area (Å²) >= 11 is 0. The third-order valence-electron chi connectivity index (χ3n) is 24.9. The first-order chi connectivity index (χ1) is 53.9. The van der Waals surface area contributed by atoms with Crippen molar-refractivity contribution in [2.24, 2.45) is 21.1 Å². The van der Waals surface area contributed by atoms with Crippen LogP contribution in [0.25, 0.3) is 82.4 Å². The molecule has 0 aliphatic carbocycles. The highest BCUT2D eigenvalue weighted by molar-refractivity contribution is 6.10. The van der Waals surface area contributed by atoms with E-state index in [0.717, 1.165) is 39.4 Å². The number of nitrogens with zero attached hydrogens (tertiary/aromatic N) is 12. The Balaban J connectivity index is 0.000000130. The number of furan rings is 3. The molecule has 580 valence electrons. The highest BCUT2D eigenvalue weighted by Crippen LogP contribution is 2.53. The van der Waals surface area contributed by atoms with E-state index < -0.39 is 0 Å². The fraction of sp³-hybridized carbons (Fsp3) is 0.337. The van der Waals surface area contributed by atoms with Gasteiger partial charge in [0.15, 0.2) is 30.4 Å². The fourth-order valence-electron chi connectivity index (χ4n) is 20.0. The molecular weight excluding hydrogens is 1390 g/mol. The van der Waals surface area contributed by atoms with Crippen LogP contribution < -0.4 is 33.5 Å². The number of para-hydroxylation sites is 7. The van der Waals surface area contributed by atoms with Crippen molar-refractivity contribution in [3.05, 3.63) is 270 Å². The molecular formula is C98H113N12O3+3. The molecule has 9 aromatic carbocycles. The van der Waals surface area contributed by atoms with Crippen LogP contribution in [0, 0.1) is 20.8 Å². The molecule has 15 aromatic rings. The lowest BCUT2D eigenvalue weighted by atomic mass is 9.84. The molecule has 15 heteroatoms. The number of anilines is 5. The summed E-state index contributed by atoms with van der Waals surface area (Å²) in [4.78, 5) is 14.8. The van der Waals surface area contributed by atoms with E-state index in [1.165, 1.54) is 116 Å². The zero-order chi connectivity index (χ0) is 79.9. The molecule has 0 spiro atoms. The van der Waals surface area contributed by atoms with Crippen LogP contribution in [0.2, 0.25) is 0 Å². The number of hydrogen-bond acceptors (Lipinski definition) is 9. The van der Waals surface area contributed by atoms with Crippen molar-refractivity contribution in [1.82, 2.24) is 23.7 Å². The molecule has 0 bridgehead atoms. The summed E-state index contributed by atoms with van der Waals surface area (Å²) in [6.45, 7) is 45.7. The number of aromatic nitrogens is 6. The molecule has 0 unspecified atom stereocenters. The van der Waals surface area contributed by atoms with Crippen LogP contribution in [0.3, 0.4) is 0 Å². The maximum atomic E-state index is 6.39. The Hall–Kier alpha value is -11.5. The Morgan fingerprint density at radius 1 is 0.425 bits per heavy atom. The predicted octanol–water partition coefficient (Wildman–Crippen LogP) is 23.1. The standard InChI is InChI=1S/C40H45N4O.C31H35N4O.C27H33N4O/c1-25(2)29-16-14-17-30(26(3)4)38(29)42-24-23-41(9)39(42)43-28(6)44(33-19-12-11-18-32(33)43)40(7,8)37-27(5)21-22-35-36(37)31-15-10-13-20-34(31)45-35;1-20(2)35-25-14-10-8-12-23(25)30(32(35)7)33-18-19-34(22(33)4)31(5,6)29-21(3)16-17-27-28(29)24-13-9-11-15-26(24)36-27;1-18(2)31-15-14-24(28(31)7)29-16-17-30(20(29)4)27(5,6)26-19(3)12-13-23-25(26)21-10-8-9-11-22(21)32-23/h10-26,28H,1-9H3;8-20,22H,1-7H3;8-18,20H,1-7H3/q3*+1/t28-;22-;20-/m111/s1. The SMILES string of the molecule is Cc1ccc2oc3ccccc3c2c1C(C)(C)N1C=CN(c2c3ccccc3n(C(C)C)[n+]2C)[C@H]1C.Cc1ccc2oc3ccccc3c2c1C(C)(C)N1C=CN(c2cc[n+](C(C)C)n2C)[C@H]1C.Cc1ccc2oc3ccccc3c2c1C(C)(C)N1c2ccccc2N(c2n(-c3c(C(C)C)cccc3C(C)C)cc[n+]2C)[C@H]1C. The molecule has 0 fully saturated rings. The molecule has 3 atom stereocenters. The summed E-state index contributed by atoms with van der Waals surface area (Å²) in [5.74, 6) is 4.33. The van der Waals surface area contributed by atoms with Crippen LogP contribution in [-0.2, 0) is 37.8 Å². The van der Waals surface area contributed by atoms with Crippen molar-refractivity contribution in [2.75, 3.05) is 19.6 Å². The third kappa shape index (κ3) is 12.1. The molecule has 0 N–H and O–H groups in total. The minimum atomic E-state index is -0.366. The minimum Gasteiger partial charge on any atom is -0.456 e. The van der Waals surface area contributed by atoms with Crippen molar-refractivity contribution >= 4 is 106 Å². The summed E-state index contributed by atoms with van der Waals surface area (Å²) in [5, 5.41) is 8.45. The van der Waals surface area contributed by atoms with E-state index in [4.69, 9.17) is 13.3 Å². The van der Waals surface area contributed by atoms with E-state index >= 15 is 0 Å². The Morgan fingerprint density at radius 3 is 1.33 bits per heavy atom. The molecule has 0 saturated heterocycles. The topological polar surface area (TPSA) is 85.3 Å². The smallest absolute Gasteiger partial charge is 0.371 e. The lowest BCUT2D eigenvalue weighted by molar-refractivity contribution is -0.789. The van der Waals surface area contributed by atoms with Gasteiger partial charge in [-0.3, -0.25) is 0 Å². The highest BCUT2D eigenvalue weighted by atomic mass is 16.3. The molecule has 113 heavy (non-hydrogen) atoms. The Morgan fingerprint density at radius 2 is 0.858 bits per heavy atom. The van der Waals surface area contributed by atoms with Gasteiger partial charge in [-0.25, -0.2) is 23.6 Å². The lowest BCUT2D eigenvalue weighted by Gasteiger charge is -2.42. The first kappa shape index (κ1) is 75.6. The number of rotatable bonds is 14. The van der Waals surface area contributed by atoms with Crippen LogP contribution in [0.1, 0.15) is 186 Å².